The van der Waals surface area contributed by atoms with Crippen LogP contribution in [0.5, 0.6) is 0 Å². The maximum absolute atomic E-state index is 11.6. The van der Waals surface area contributed by atoms with Crippen LogP contribution in [-0.4, -0.2) is 54.5 Å². The van der Waals surface area contributed by atoms with Crippen molar-refractivity contribution in [1.29, 1.82) is 0 Å². The fourth-order valence-corrected chi connectivity index (χ4v) is 2.88. The molecule has 1 aliphatic heterocycles. The van der Waals surface area contributed by atoms with Crippen LogP contribution in [-0.2, 0) is 38.1 Å². The number of ether oxygens (including phenoxy) is 4. The third kappa shape index (κ3) is 6.62. The van der Waals surface area contributed by atoms with Gasteiger partial charge >= 0.3 is 17.9 Å². The first-order chi connectivity index (χ1) is 12.0. The molecule has 1 amide bonds. The lowest BCUT2D eigenvalue weighted by Crippen LogP contribution is -2.66. The lowest BCUT2D eigenvalue weighted by Gasteiger charge is -2.45. The molecule has 1 rings (SSSR count). The molecule has 0 aliphatic carbocycles. The number of carbonyl (C=O) groups is 4. The molecule has 1 fully saturated rings. The normalized spacial score (nSPS) is 28.2. The Bertz CT molecular complexity index is 547. The maximum Gasteiger partial charge on any atom is 0.305 e. The molecule has 9 heteroatoms. The molecule has 1 saturated heterocycles. The van der Waals surface area contributed by atoms with E-state index in [4.69, 9.17) is 18.9 Å². The minimum absolute atomic E-state index is 0.159. The van der Waals surface area contributed by atoms with Crippen LogP contribution < -0.4 is 5.32 Å². The van der Waals surface area contributed by atoms with E-state index in [1.807, 2.05) is 13.8 Å². The van der Waals surface area contributed by atoms with E-state index < -0.39 is 54.5 Å². The highest BCUT2D eigenvalue weighted by Crippen LogP contribution is 2.30. The zero-order valence-corrected chi connectivity index (χ0v) is 15.9. The van der Waals surface area contributed by atoms with Gasteiger partial charge in [-0.15, -0.1) is 0 Å². The number of nitrogens with one attached hydrogen (secondary N) is 1. The average molecular weight is 373 g/mol. The van der Waals surface area contributed by atoms with Gasteiger partial charge in [0.1, 0.15) is 12.1 Å². The van der Waals surface area contributed by atoms with Gasteiger partial charge in [-0.1, -0.05) is 13.8 Å². The summed E-state index contributed by atoms with van der Waals surface area (Å²) in [5.74, 6) is -2.13. The van der Waals surface area contributed by atoms with Crippen molar-refractivity contribution in [2.24, 2.45) is 5.92 Å². The fraction of sp³-hybridized carbons (Fsp3) is 0.765. The topological polar surface area (TPSA) is 117 Å². The third-order valence-corrected chi connectivity index (χ3v) is 3.61. The quantitative estimate of drug-likeness (QED) is 0.534. The molecule has 1 aliphatic rings. The standard InChI is InChI=1S/C17H27NO8/c1-8(2)7-13-15(23-10(4)20)16(24-11(5)21)14(18-9(3)19)17(26-13)25-12(6)22/h8,13-17H,7H2,1-6H3,(H,18,19)/t13?,14?,15-,16?,17-/m1/s1. The van der Waals surface area contributed by atoms with Gasteiger partial charge in [0.25, 0.3) is 0 Å². The Morgan fingerprint density at radius 2 is 1.38 bits per heavy atom. The fourth-order valence-electron chi connectivity index (χ4n) is 2.88. The van der Waals surface area contributed by atoms with Crippen LogP contribution in [0.3, 0.4) is 0 Å². The molecule has 0 aromatic heterocycles. The molecule has 148 valence electrons. The second kappa shape index (κ2) is 9.51. The summed E-state index contributed by atoms with van der Waals surface area (Å²) >= 11 is 0. The molecule has 0 aromatic carbocycles. The predicted molar refractivity (Wildman–Crippen MR) is 88.6 cm³/mol. The molecular weight excluding hydrogens is 346 g/mol. The Hall–Kier alpha value is -2.16. The number of esters is 3. The Balaban J connectivity index is 3.30. The molecule has 26 heavy (non-hydrogen) atoms. The van der Waals surface area contributed by atoms with Crippen LogP contribution in [0.15, 0.2) is 0 Å². The first-order valence-electron chi connectivity index (χ1n) is 8.45. The summed E-state index contributed by atoms with van der Waals surface area (Å²) in [7, 11) is 0. The Kier molecular flexibility index (Phi) is 8.01. The molecule has 0 saturated carbocycles. The van der Waals surface area contributed by atoms with E-state index in [1.165, 1.54) is 27.7 Å². The average Bonchev–Trinajstić information content (AvgIpc) is 2.44. The van der Waals surface area contributed by atoms with Crippen LogP contribution >= 0.6 is 0 Å². The molecule has 0 radical (unpaired) electrons. The van der Waals surface area contributed by atoms with Crippen molar-refractivity contribution >= 4 is 23.8 Å². The molecule has 1 N–H and O–H groups in total. The van der Waals surface area contributed by atoms with Gasteiger partial charge in [0, 0.05) is 27.7 Å². The molecule has 0 bridgehead atoms. The van der Waals surface area contributed by atoms with E-state index in [-0.39, 0.29) is 5.92 Å². The van der Waals surface area contributed by atoms with E-state index in [0.29, 0.717) is 6.42 Å². The first-order valence-corrected chi connectivity index (χ1v) is 8.45. The van der Waals surface area contributed by atoms with Gasteiger partial charge in [0.2, 0.25) is 12.2 Å². The first kappa shape index (κ1) is 21.9. The van der Waals surface area contributed by atoms with Gasteiger partial charge in [-0.05, 0) is 12.3 Å². The van der Waals surface area contributed by atoms with E-state index in [2.05, 4.69) is 5.32 Å². The largest absolute Gasteiger partial charge is 0.456 e. The van der Waals surface area contributed by atoms with Crippen molar-refractivity contribution in [3.05, 3.63) is 0 Å². The number of carbonyl (C=O) groups excluding carboxylic acids is 4. The number of hydrogen-bond donors (Lipinski definition) is 1. The van der Waals surface area contributed by atoms with Crippen molar-refractivity contribution in [3.63, 3.8) is 0 Å². The smallest absolute Gasteiger partial charge is 0.305 e. The number of amides is 1. The van der Waals surface area contributed by atoms with Gasteiger partial charge in [0.05, 0.1) is 0 Å². The molecule has 9 nitrogen and oxygen atoms in total. The van der Waals surface area contributed by atoms with Crippen molar-refractivity contribution in [3.8, 4) is 0 Å². The highest BCUT2D eigenvalue weighted by molar-refractivity contribution is 5.74. The van der Waals surface area contributed by atoms with Crippen LogP contribution in [0.1, 0.15) is 48.0 Å². The van der Waals surface area contributed by atoms with Crippen LogP contribution in [0.4, 0.5) is 0 Å². The maximum atomic E-state index is 11.6. The highest BCUT2D eigenvalue weighted by Gasteiger charge is 2.51. The Morgan fingerprint density at radius 1 is 0.885 bits per heavy atom. The predicted octanol–water partition coefficient (Wildman–Crippen LogP) is 0.689. The van der Waals surface area contributed by atoms with Gasteiger partial charge in [-0.2, -0.15) is 0 Å². The molecule has 0 spiro atoms. The van der Waals surface area contributed by atoms with Gasteiger partial charge in [-0.25, -0.2) is 0 Å². The van der Waals surface area contributed by atoms with Crippen LogP contribution in [0, 0.1) is 5.92 Å². The van der Waals surface area contributed by atoms with E-state index >= 15 is 0 Å². The molecule has 5 atom stereocenters. The number of hydrogen-bond acceptors (Lipinski definition) is 8. The van der Waals surface area contributed by atoms with Crippen LogP contribution in [0.2, 0.25) is 0 Å². The lowest BCUT2D eigenvalue weighted by molar-refractivity contribution is -0.267. The van der Waals surface area contributed by atoms with E-state index in [9.17, 15) is 19.2 Å². The molecule has 3 unspecified atom stereocenters. The van der Waals surface area contributed by atoms with E-state index in [0.717, 1.165) is 0 Å². The van der Waals surface area contributed by atoms with Crippen molar-refractivity contribution in [2.75, 3.05) is 0 Å². The third-order valence-electron chi connectivity index (χ3n) is 3.61. The van der Waals surface area contributed by atoms with Gasteiger partial charge in [-0.3, -0.25) is 19.2 Å². The second-order valence-corrected chi connectivity index (χ2v) is 6.66. The number of rotatable bonds is 6. The summed E-state index contributed by atoms with van der Waals surface area (Å²) in [6, 6.07) is -1.02. The highest BCUT2D eigenvalue weighted by atomic mass is 16.7. The van der Waals surface area contributed by atoms with Gasteiger partial charge in [0.15, 0.2) is 12.2 Å². The summed E-state index contributed by atoms with van der Waals surface area (Å²) in [4.78, 5) is 46.2. The Labute approximate surface area is 152 Å². The zero-order valence-electron chi connectivity index (χ0n) is 15.9. The van der Waals surface area contributed by atoms with E-state index in [1.54, 1.807) is 0 Å². The molecule has 1 heterocycles. The van der Waals surface area contributed by atoms with Crippen LogP contribution in [0.25, 0.3) is 0 Å². The van der Waals surface area contributed by atoms with Crippen molar-refractivity contribution in [1.82, 2.24) is 5.32 Å². The monoisotopic (exact) mass is 373 g/mol. The summed E-state index contributed by atoms with van der Waals surface area (Å²) in [6.45, 7) is 8.76. The summed E-state index contributed by atoms with van der Waals surface area (Å²) in [5, 5.41) is 2.56. The summed E-state index contributed by atoms with van der Waals surface area (Å²) in [6.07, 6.45) is -3.43. The minimum Gasteiger partial charge on any atom is -0.456 e. The molecule has 0 aromatic rings. The van der Waals surface area contributed by atoms with Crippen molar-refractivity contribution < 1.29 is 38.1 Å². The van der Waals surface area contributed by atoms with Gasteiger partial charge < -0.3 is 24.3 Å². The zero-order chi connectivity index (χ0) is 20.0. The summed E-state index contributed by atoms with van der Waals surface area (Å²) < 4.78 is 21.7. The Morgan fingerprint density at radius 3 is 1.81 bits per heavy atom. The minimum atomic E-state index is -1.18. The van der Waals surface area contributed by atoms with Crippen molar-refractivity contribution in [2.45, 2.75) is 78.6 Å². The molecular formula is C17H27NO8. The lowest BCUT2D eigenvalue weighted by atomic mass is 9.91. The SMILES string of the molecule is CC(=O)NC1C(OC(C)=O)[C@H](OC(C)=O)C(CC(C)C)O[C@H]1OC(C)=O. The summed E-state index contributed by atoms with van der Waals surface area (Å²) in [5.41, 5.74) is 0. The second-order valence-electron chi connectivity index (χ2n) is 6.66.